The number of methoxy groups -OCH3 is 1. The summed E-state index contributed by atoms with van der Waals surface area (Å²) in [7, 11) is 1.60. The van der Waals surface area contributed by atoms with Gasteiger partial charge in [-0.3, -0.25) is 14.5 Å². The summed E-state index contributed by atoms with van der Waals surface area (Å²) in [5.74, 6) is 0.728. The van der Waals surface area contributed by atoms with Crippen molar-refractivity contribution in [2.45, 2.75) is 19.9 Å². The minimum atomic E-state index is -0.528. The van der Waals surface area contributed by atoms with Gasteiger partial charge in [-0.15, -0.1) is 0 Å². The number of anilines is 1. The zero-order valence-corrected chi connectivity index (χ0v) is 17.2. The van der Waals surface area contributed by atoms with Gasteiger partial charge in [0.2, 0.25) is 5.91 Å². The Morgan fingerprint density at radius 3 is 2.59 bits per heavy atom. The van der Waals surface area contributed by atoms with Crippen LogP contribution in [0.15, 0.2) is 64.8 Å². The number of hydrogen-bond acceptors (Lipinski definition) is 5. The average molecular weight is 407 g/mol. The van der Waals surface area contributed by atoms with E-state index < -0.39 is 6.04 Å². The van der Waals surface area contributed by atoms with E-state index in [1.54, 1.807) is 12.0 Å². The number of ether oxygens (including phenoxy) is 1. The zero-order chi connectivity index (χ0) is 20.5. The van der Waals surface area contributed by atoms with Gasteiger partial charge in [0, 0.05) is 5.69 Å². The summed E-state index contributed by atoms with van der Waals surface area (Å²) >= 11 is 1.40. The van der Waals surface area contributed by atoms with E-state index in [4.69, 9.17) is 4.74 Å². The maximum Gasteiger partial charge on any atom is 0.255 e. The van der Waals surface area contributed by atoms with E-state index in [0.29, 0.717) is 27.9 Å². The molecule has 4 rings (SSSR count). The van der Waals surface area contributed by atoms with Crippen LogP contribution in [0.4, 0.5) is 5.69 Å². The number of carbonyl (C=O) groups is 2. The first kappa shape index (κ1) is 19.3. The molecule has 1 fully saturated rings. The fraction of sp³-hybridized carbons (Fsp3) is 0.227. The first-order valence-electron chi connectivity index (χ1n) is 9.25. The van der Waals surface area contributed by atoms with Crippen LogP contribution in [-0.4, -0.2) is 34.7 Å². The van der Waals surface area contributed by atoms with Crippen molar-refractivity contribution < 1.29 is 14.3 Å². The Kier molecular flexibility index (Phi) is 5.15. The lowest BCUT2D eigenvalue weighted by molar-refractivity contribution is -0.125. The van der Waals surface area contributed by atoms with E-state index in [9.17, 15) is 9.59 Å². The van der Waals surface area contributed by atoms with Gasteiger partial charge in [-0.1, -0.05) is 42.1 Å². The highest BCUT2D eigenvalue weighted by Crippen LogP contribution is 2.41. The third-order valence-corrected chi connectivity index (χ3v) is 5.99. The van der Waals surface area contributed by atoms with Crippen molar-refractivity contribution >= 4 is 34.4 Å². The number of hydrogen-bond donors (Lipinski definition) is 1. The quantitative estimate of drug-likeness (QED) is 0.834. The van der Waals surface area contributed by atoms with Gasteiger partial charge in [0.25, 0.3) is 5.91 Å². The van der Waals surface area contributed by atoms with Crippen molar-refractivity contribution in [3.05, 3.63) is 70.9 Å². The van der Waals surface area contributed by atoms with Crippen LogP contribution in [0, 0.1) is 6.92 Å². The fourth-order valence-corrected chi connectivity index (χ4v) is 4.48. The lowest BCUT2D eigenvalue weighted by atomic mass is 9.93. The molecule has 0 bridgehead atoms. The number of para-hydroxylation sites is 1. The predicted molar refractivity (Wildman–Crippen MR) is 115 cm³/mol. The lowest BCUT2D eigenvalue weighted by Crippen LogP contribution is -2.40. The van der Waals surface area contributed by atoms with Crippen molar-refractivity contribution in [1.29, 1.82) is 0 Å². The largest absolute Gasteiger partial charge is 0.497 e. The van der Waals surface area contributed by atoms with Crippen LogP contribution >= 0.6 is 11.8 Å². The standard InChI is InChI=1S/C22H21N3O3S/c1-13-6-4-5-7-17(13)24-21(27)19-14(2)23-22-25(18(26)12-29-22)20(19)15-8-10-16(28-3)11-9-15/h4-11,20H,12H2,1-3H3,(H,24,27)/t20-/m0/s1. The summed E-state index contributed by atoms with van der Waals surface area (Å²) < 4.78 is 5.25. The molecule has 0 aliphatic carbocycles. The smallest absolute Gasteiger partial charge is 0.255 e. The highest BCUT2D eigenvalue weighted by atomic mass is 32.2. The van der Waals surface area contributed by atoms with Crippen molar-refractivity contribution in [3.63, 3.8) is 0 Å². The molecule has 2 heterocycles. The molecule has 7 heteroatoms. The summed E-state index contributed by atoms with van der Waals surface area (Å²) in [6.45, 7) is 3.76. The molecule has 0 saturated carbocycles. The number of rotatable bonds is 4. The molecule has 6 nitrogen and oxygen atoms in total. The molecule has 2 amide bonds. The molecule has 0 aromatic heterocycles. The van der Waals surface area contributed by atoms with Crippen LogP contribution in [0.3, 0.4) is 0 Å². The molecule has 1 N–H and O–H groups in total. The second-order valence-corrected chi connectivity index (χ2v) is 7.83. The summed E-state index contributed by atoms with van der Waals surface area (Å²) in [5.41, 5.74) is 3.63. The molecule has 2 aromatic carbocycles. The number of aliphatic imine (C=N–C) groups is 1. The Bertz CT molecular complexity index is 1040. The summed E-state index contributed by atoms with van der Waals surface area (Å²) in [4.78, 5) is 32.2. The normalized spacial score (nSPS) is 18.4. The Labute approximate surface area is 173 Å². The highest BCUT2D eigenvalue weighted by molar-refractivity contribution is 8.15. The van der Waals surface area contributed by atoms with Crippen molar-refractivity contribution in [3.8, 4) is 5.75 Å². The monoisotopic (exact) mass is 407 g/mol. The molecule has 148 valence electrons. The molecule has 0 radical (unpaired) electrons. The van der Waals surface area contributed by atoms with Crippen LogP contribution < -0.4 is 10.1 Å². The Balaban J connectivity index is 1.77. The lowest BCUT2D eigenvalue weighted by Gasteiger charge is -2.33. The average Bonchev–Trinajstić information content (AvgIpc) is 3.09. The number of carbonyl (C=O) groups excluding carboxylic acids is 2. The van der Waals surface area contributed by atoms with E-state index in [1.807, 2.05) is 62.4 Å². The maximum atomic E-state index is 13.3. The number of amides is 2. The summed E-state index contributed by atoms with van der Waals surface area (Å²) in [6, 6.07) is 14.5. The first-order valence-corrected chi connectivity index (χ1v) is 10.2. The van der Waals surface area contributed by atoms with Crippen molar-refractivity contribution in [1.82, 2.24) is 4.90 Å². The topological polar surface area (TPSA) is 71.0 Å². The van der Waals surface area contributed by atoms with Crippen LogP contribution in [0.1, 0.15) is 24.1 Å². The molecular weight excluding hydrogens is 386 g/mol. The number of nitrogens with one attached hydrogen (secondary N) is 1. The number of allylic oxidation sites excluding steroid dienone is 1. The van der Waals surface area contributed by atoms with Gasteiger partial charge in [0.1, 0.15) is 5.75 Å². The number of thioether (sulfide) groups is 1. The van der Waals surface area contributed by atoms with Crippen molar-refractivity contribution in [2.75, 3.05) is 18.2 Å². The fourth-order valence-electron chi connectivity index (χ4n) is 3.54. The third kappa shape index (κ3) is 3.53. The number of benzene rings is 2. The van der Waals surface area contributed by atoms with Crippen LogP contribution in [-0.2, 0) is 9.59 Å². The van der Waals surface area contributed by atoms with E-state index >= 15 is 0 Å². The molecule has 2 aliphatic rings. The number of aryl methyl sites for hydroxylation is 1. The molecular formula is C22H21N3O3S. The molecule has 2 aromatic rings. The van der Waals surface area contributed by atoms with Gasteiger partial charge in [0.05, 0.1) is 30.2 Å². The second-order valence-electron chi connectivity index (χ2n) is 6.89. The number of amidine groups is 1. The Morgan fingerprint density at radius 2 is 1.90 bits per heavy atom. The zero-order valence-electron chi connectivity index (χ0n) is 16.4. The SMILES string of the molecule is COc1ccc([C@H]2C(C(=O)Nc3ccccc3C)=C(C)N=C3SCC(=O)N32)cc1. The van der Waals surface area contributed by atoms with Gasteiger partial charge in [0.15, 0.2) is 5.17 Å². The summed E-state index contributed by atoms with van der Waals surface area (Å²) in [5, 5.41) is 3.63. The third-order valence-electron chi connectivity index (χ3n) is 5.05. The minimum absolute atomic E-state index is 0.0525. The van der Waals surface area contributed by atoms with Gasteiger partial charge in [-0.25, -0.2) is 4.99 Å². The van der Waals surface area contributed by atoms with Crippen LogP contribution in [0.5, 0.6) is 5.75 Å². The van der Waals surface area contributed by atoms with E-state index in [1.165, 1.54) is 11.8 Å². The van der Waals surface area contributed by atoms with Gasteiger partial charge >= 0.3 is 0 Å². The Hall–Kier alpha value is -3.06. The molecule has 1 saturated heterocycles. The first-order chi connectivity index (χ1) is 14.0. The maximum absolute atomic E-state index is 13.3. The molecule has 2 aliphatic heterocycles. The van der Waals surface area contributed by atoms with Crippen LogP contribution in [0.2, 0.25) is 0 Å². The van der Waals surface area contributed by atoms with E-state index in [0.717, 1.165) is 16.8 Å². The van der Waals surface area contributed by atoms with Gasteiger partial charge < -0.3 is 10.1 Å². The van der Waals surface area contributed by atoms with E-state index in [-0.39, 0.29) is 11.8 Å². The highest BCUT2D eigenvalue weighted by Gasteiger charge is 2.42. The molecule has 0 spiro atoms. The predicted octanol–water partition coefficient (Wildman–Crippen LogP) is 3.90. The molecule has 1 atom stereocenters. The number of fused-ring (bicyclic) bond motifs is 1. The molecule has 29 heavy (non-hydrogen) atoms. The molecule has 0 unspecified atom stereocenters. The van der Waals surface area contributed by atoms with Gasteiger partial charge in [-0.05, 0) is 43.2 Å². The Morgan fingerprint density at radius 1 is 1.17 bits per heavy atom. The van der Waals surface area contributed by atoms with Crippen molar-refractivity contribution in [2.24, 2.45) is 4.99 Å². The second kappa shape index (κ2) is 7.75. The summed E-state index contributed by atoms with van der Waals surface area (Å²) in [6.07, 6.45) is 0. The van der Waals surface area contributed by atoms with Gasteiger partial charge in [-0.2, -0.15) is 0 Å². The van der Waals surface area contributed by atoms with E-state index in [2.05, 4.69) is 10.3 Å². The van der Waals surface area contributed by atoms with Crippen LogP contribution in [0.25, 0.3) is 0 Å². The number of nitrogens with zero attached hydrogens (tertiary/aromatic N) is 2. The minimum Gasteiger partial charge on any atom is -0.497 e.